The van der Waals surface area contributed by atoms with E-state index in [1.807, 2.05) is 38.1 Å². The molecule has 0 bridgehead atoms. The smallest absolute Gasteiger partial charge is 0.230 e. The van der Waals surface area contributed by atoms with E-state index < -0.39 is 0 Å². The molecule has 2 aromatic carbocycles. The molecule has 128 valence electrons. The summed E-state index contributed by atoms with van der Waals surface area (Å²) in [5.74, 6) is 2.25. The van der Waals surface area contributed by atoms with E-state index in [0.717, 1.165) is 17.1 Å². The lowest BCUT2D eigenvalue weighted by molar-refractivity contribution is -0.118. The van der Waals surface area contributed by atoms with Gasteiger partial charge in [0, 0.05) is 12.3 Å². The summed E-state index contributed by atoms with van der Waals surface area (Å²) in [6, 6.07) is 16.2. The average molecular weight is 343 g/mol. The van der Waals surface area contributed by atoms with Crippen LogP contribution in [0, 0.1) is 6.92 Å². The van der Waals surface area contributed by atoms with Crippen molar-refractivity contribution >= 4 is 17.7 Å². The van der Waals surface area contributed by atoms with Crippen molar-refractivity contribution in [2.45, 2.75) is 39.2 Å². The summed E-state index contributed by atoms with van der Waals surface area (Å²) >= 11 is 1.64. The summed E-state index contributed by atoms with van der Waals surface area (Å²) in [6.07, 6.45) is 0.168. The minimum absolute atomic E-state index is 0.0650. The molecular weight excluding hydrogens is 318 g/mol. The number of carbonyl (C=O) groups excluding carboxylic acids is 1. The number of thioether (sulfide) groups is 1. The molecule has 0 radical (unpaired) electrons. The number of hydrogen-bond acceptors (Lipinski definition) is 3. The molecule has 1 amide bonds. The number of carbonyl (C=O) groups is 1. The lowest BCUT2D eigenvalue weighted by atomic mass is 10.2. The van der Waals surface area contributed by atoms with E-state index in [1.54, 1.807) is 11.8 Å². The van der Waals surface area contributed by atoms with Crippen molar-refractivity contribution in [1.29, 1.82) is 0 Å². The molecule has 0 saturated heterocycles. The Morgan fingerprint density at radius 1 is 1.12 bits per heavy atom. The van der Waals surface area contributed by atoms with E-state index >= 15 is 0 Å². The molecule has 0 aliphatic rings. The Morgan fingerprint density at radius 2 is 1.88 bits per heavy atom. The van der Waals surface area contributed by atoms with E-state index in [4.69, 9.17) is 4.74 Å². The van der Waals surface area contributed by atoms with Gasteiger partial charge in [-0.05, 0) is 44.0 Å². The van der Waals surface area contributed by atoms with Crippen LogP contribution in [0.2, 0.25) is 0 Å². The molecule has 24 heavy (non-hydrogen) atoms. The van der Waals surface area contributed by atoms with Crippen LogP contribution in [0.5, 0.6) is 5.75 Å². The number of nitrogens with one attached hydrogen (secondary N) is 1. The number of rotatable bonds is 8. The second-order valence-corrected chi connectivity index (χ2v) is 7.05. The summed E-state index contributed by atoms with van der Waals surface area (Å²) < 4.78 is 5.61. The van der Waals surface area contributed by atoms with Crippen LogP contribution < -0.4 is 10.1 Å². The Labute approximate surface area is 148 Å². The van der Waals surface area contributed by atoms with Crippen LogP contribution in [0.25, 0.3) is 0 Å². The predicted molar refractivity (Wildman–Crippen MR) is 101 cm³/mol. The topological polar surface area (TPSA) is 38.3 Å². The van der Waals surface area contributed by atoms with E-state index in [9.17, 15) is 4.79 Å². The zero-order valence-corrected chi connectivity index (χ0v) is 15.4. The van der Waals surface area contributed by atoms with Crippen molar-refractivity contribution in [2.75, 3.05) is 5.75 Å². The highest BCUT2D eigenvalue weighted by Gasteiger charge is 2.03. The molecule has 0 saturated carbocycles. The van der Waals surface area contributed by atoms with E-state index in [0.29, 0.717) is 12.3 Å². The second kappa shape index (κ2) is 9.38. The third-order valence-electron chi connectivity index (χ3n) is 3.37. The summed E-state index contributed by atoms with van der Waals surface area (Å²) in [4.78, 5) is 11.9. The van der Waals surface area contributed by atoms with Gasteiger partial charge < -0.3 is 10.1 Å². The fourth-order valence-electron chi connectivity index (χ4n) is 2.27. The van der Waals surface area contributed by atoms with Crippen LogP contribution in [0.1, 0.15) is 30.5 Å². The molecule has 0 spiro atoms. The van der Waals surface area contributed by atoms with E-state index in [1.165, 1.54) is 11.1 Å². The molecule has 0 aliphatic carbocycles. The third kappa shape index (κ3) is 6.67. The zero-order chi connectivity index (χ0) is 17.4. The number of aryl methyl sites for hydroxylation is 1. The number of ether oxygens (including phenoxy) is 1. The van der Waals surface area contributed by atoms with Gasteiger partial charge >= 0.3 is 0 Å². The molecule has 4 heteroatoms. The maximum absolute atomic E-state index is 11.9. The summed E-state index contributed by atoms with van der Waals surface area (Å²) in [7, 11) is 0. The van der Waals surface area contributed by atoms with Gasteiger partial charge in [0.25, 0.3) is 0 Å². The van der Waals surface area contributed by atoms with Gasteiger partial charge in [-0.15, -0.1) is 11.8 Å². The molecule has 2 aromatic rings. The molecule has 0 heterocycles. The van der Waals surface area contributed by atoms with Crippen LogP contribution in [0.15, 0.2) is 48.5 Å². The zero-order valence-electron chi connectivity index (χ0n) is 14.5. The molecule has 0 aliphatic heterocycles. The number of benzene rings is 2. The Bertz CT molecular complexity index is 653. The van der Waals surface area contributed by atoms with E-state index in [2.05, 4.69) is 36.5 Å². The SMILES string of the molecule is Cc1cccc(CSCC(=O)NCc2ccc(OC(C)C)cc2)c1. The van der Waals surface area contributed by atoms with Gasteiger partial charge in [-0.3, -0.25) is 4.79 Å². The van der Waals surface area contributed by atoms with Crippen molar-refractivity contribution in [2.24, 2.45) is 0 Å². The third-order valence-corrected chi connectivity index (χ3v) is 4.37. The van der Waals surface area contributed by atoms with Gasteiger partial charge in [0.15, 0.2) is 0 Å². The van der Waals surface area contributed by atoms with Crippen molar-refractivity contribution in [3.05, 3.63) is 65.2 Å². The largest absolute Gasteiger partial charge is 0.491 e. The number of amides is 1. The molecule has 0 aromatic heterocycles. The lowest BCUT2D eigenvalue weighted by Gasteiger charge is -2.10. The van der Waals surface area contributed by atoms with Crippen LogP contribution in [-0.4, -0.2) is 17.8 Å². The summed E-state index contributed by atoms with van der Waals surface area (Å²) in [5, 5.41) is 2.96. The molecular formula is C20H25NO2S. The Hall–Kier alpha value is -1.94. The highest BCUT2D eigenvalue weighted by Crippen LogP contribution is 2.15. The highest BCUT2D eigenvalue weighted by molar-refractivity contribution is 7.99. The lowest BCUT2D eigenvalue weighted by Crippen LogP contribution is -2.24. The van der Waals surface area contributed by atoms with Crippen LogP contribution in [-0.2, 0) is 17.1 Å². The van der Waals surface area contributed by atoms with Crippen molar-refractivity contribution < 1.29 is 9.53 Å². The molecule has 0 fully saturated rings. The standard InChI is InChI=1S/C20H25NO2S/c1-15(2)23-19-9-7-17(8-10-19)12-21-20(22)14-24-13-18-6-4-5-16(3)11-18/h4-11,15H,12-14H2,1-3H3,(H,21,22). The Morgan fingerprint density at radius 3 is 2.54 bits per heavy atom. The average Bonchev–Trinajstić information content (AvgIpc) is 2.54. The van der Waals surface area contributed by atoms with Crippen LogP contribution in [0.4, 0.5) is 0 Å². The van der Waals surface area contributed by atoms with Crippen molar-refractivity contribution in [3.63, 3.8) is 0 Å². The molecule has 0 unspecified atom stereocenters. The first kappa shape index (κ1) is 18.4. The van der Waals surface area contributed by atoms with Gasteiger partial charge in [0.1, 0.15) is 5.75 Å². The normalized spacial score (nSPS) is 10.7. The van der Waals surface area contributed by atoms with Gasteiger partial charge in [-0.1, -0.05) is 42.0 Å². The first-order valence-electron chi connectivity index (χ1n) is 8.18. The maximum Gasteiger partial charge on any atom is 0.230 e. The molecule has 3 nitrogen and oxygen atoms in total. The highest BCUT2D eigenvalue weighted by atomic mass is 32.2. The van der Waals surface area contributed by atoms with Crippen LogP contribution in [0.3, 0.4) is 0 Å². The number of hydrogen-bond donors (Lipinski definition) is 1. The fourth-order valence-corrected chi connectivity index (χ4v) is 3.08. The van der Waals surface area contributed by atoms with Gasteiger partial charge in [0.2, 0.25) is 5.91 Å². The fraction of sp³-hybridized carbons (Fsp3) is 0.350. The Balaban J connectivity index is 1.69. The van der Waals surface area contributed by atoms with Crippen molar-refractivity contribution in [1.82, 2.24) is 5.32 Å². The molecule has 0 atom stereocenters. The van der Waals surface area contributed by atoms with Gasteiger partial charge in [0.05, 0.1) is 11.9 Å². The minimum Gasteiger partial charge on any atom is -0.491 e. The molecule has 2 rings (SSSR count). The quantitative estimate of drug-likeness (QED) is 0.775. The summed E-state index contributed by atoms with van der Waals surface area (Å²) in [5.41, 5.74) is 3.58. The van der Waals surface area contributed by atoms with Crippen molar-refractivity contribution in [3.8, 4) is 5.75 Å². The second-order valence-electron chi connectivity index (χ2n) is 6.07. The maximum atomic E-state index is 11.9. The monoisotopic (exact) mass is 343 g/mol. The molecule has 1 N–H and O–H groups in total. The van der Waals surface area contributed by atoms with Gasteiger partial charge in [-0.2, -0.15) is 0 Å². The first-order chi connectivity index (χ1) is 11.5. The summed E-state index contributed by atoms with van der Waals surface area (Å²) in [6.45, 7) is 6.63. The Kier molecular flexibility index (Phi) is 7.19. The van der Waals surface area contributed by atoms with Crippen LogP contribution >= 0.6 is 11.8 Å². The van der Waals surface area contributed by atoms with Gasteiger partial charge in [-0.25, -0.2) is 0 Å². The first-order valence-corrected chi connectivity index (χ1v) is 9.34. The predicted octanol–water partition coefficient (Wildman–Crippen LogP) is 4.33. The van der Waals surface area contributed by atoms with E-state index in [-0.39, 0.29) is 12.0 Å². The minimum atomic E-state index is 0.0650.